The lowest BCUT2D eigenvalue weighted by Gasteiger charge is -2.15. The SMILES string of the molecule is C/C=C/c1cn(-c2ccc(F)cc2)c(=O)c(C(=O)Nc2ccc(Oc3ccnc4cc(OC)c(OC)cc34)c(F)c2)c1C. The highest BCUT2D eigenvalue weighted by molar-refractivity contribution is 6.05. The normalized spacial score (nSPS) is 11.1. The number of hydrogen-bond acceptors (Lipinski definition) is 6. The maximum atomic E-state index is 15.3. The van der Waals surface area contributed by atoms with E-state index in [0.717, 1.165) is 6.07 Å². The highest BCUT2D eigenvalue weighted by Crippen LogP contribution is 2.37. The molecule has 8 nitrogen and oxygen atoms in total. The molecule has 218 valence electrons. The van der Waals surface area contributed by atoms with Crippen LogP contribution in [0.25, 0.3) is 22.7 Å². The summed E-state index contributed by atoms with van der Waals surface area (Å²) in [6.07, 6.45) is 6.64. The molecule has 0 aliphatic carbocycles. The number of aromatic nitrogens is 2. The van der Waals surface area contributed by atoms with Gasteiger partial charge >= 0.3 is 0 Å². The molecule has 0 saturated carbocycles. The minimum atomic E-state index is -0.744. The number of amides is 1. The largest absolute Gasteiger partial charge is 0.493 e. The van der Waals surface area contributed by atoms with Crippen LogP contribution < -0.4 is 25.1 Å². The smallest absolute Gasteiger partial charge is 0.268 e. The second-order valence-electron chi connectivity index (χ2n) is 9.47. The molecule has 0 spiro atoms. The van der Waals surface area contributed by atoms with Crippen LogP contribution in [0, 0.1) is 18.6 Å². The molecule has 43 heavy (non-hydrogen) atoms. The molecule has 0 unspecified atom stereocenters. The number of nitrogens with one attached hydrogen (secondary N) is 1. The first-order chi connectivity index (χ1) is 20.7. The van der Waals surface area contributed by atoms with Crippen LogP contribution in [-0.2, 0) is 0 Å². The summed E-state index contributed by atoms with van der Waals surface area (Å²) in [5, 5.41) is 3.19. The van der Waals surface area contributed by atoms with Gasteiger partial charge in [0, 0.05) is 41.3 Å². The highest BCUT2D eigenvalue weighted by atomic mass is 19.1. The van der Waals surface area contributed by atoms with Crippen molar-refractivity contribution in [1.29, 1.82) is 0 Å². The van der Waals surface area contributed by atoms with Gasteiger partial charge in [-0.3, -0.25) is 19.1 Å². The zero-order valence-electron chi connectivity index (χ0n) is 23.8. The van der Waals surface area contributed by atoms with Crippen molar-refractivity contribution >= 4 is 28.6 Å². The molecule has 0 aliphatic heterocycles. The van der Waals surface area contributed by atoms with E-state index in [1.807, 2.05) is 0 Å². The minimum absolute atomic E-state index is 0.0924. The molecule has 1 N–H and O–H groups in total. The Morgan fingerprint density at radius 1 is 0.930 bits per heavy atom. The van der Waals surface area contributed by atoms with Crippen LogP contribution in [0.3, 0.4) is 0 Å². The Hall–Kier alpha value is -5.51. The lowest BCUT2D eigenvalue weighted by atomic mass is 10.0. The molecular weight excluding hydrogens is 556 g/mol. The van der Waals surface area contributed by atoms with E-state index in [1.54, 1.807) is 50.4 Å². The van der Waals surface area contributed by atoms with Gasteiger partial charge < -0.3 is 19.5 Å². The van der Waals surface area contributed by atoms with Crippen LogP contribution >= 0.6 is 0 Å². The van der Waals surface area contributed by atoms with E-state index in [-0.39, 0.29) is 17.0 Å². The highest BCUT2D eigenvalue weighted by Gasteiger charge is 2.20. The molecule has 3 aromatic carbocycles. The van der Waals surface area contributed by atoms with Crippen molar-refractivity contribution in [2.45, 2.75) is 13.8 Å². The molecule has 0 bridgehead atoms. The Balaban J connectivity index is 1.45. The van der Waals surface area contributed by atoms with Gasteiger partial charge in [-0.1, -0.05) is 12.2 Å². The predicted octanol–water partition coefficient (Wildman–Crippen LogP) is 7.07. The Labute approximate surface area is 245 Å². The lowest BCUT2D eigenvalue weighted by Crippen LogP contribution is -2.30. The molecule has 10 heteroatoms. The zero-order chi connectivity index (χ0) is 30.7. The number of fused-ring (bicyclic) bond motifs is 1. The van der Waals surface area contributed by atoms with Crippen LogP contribution in [0.1, 0.15) is 28.4 Å². The molecule has 1 amide bonds. The average molecular weight is 584 g/mol. The fourth-order valence-corrected chi connectivity index (χ4v) is 4.64. The van der Waals surface area contributed by atoms with Crippen molar-refractivity contribution in [3.8, 4) is 28.7 Å². The molecule has 5 rings (SSSR count). The zero-order valence-corrected chi connectivity index (χ0v) is 23.8. The molecule has 0 atom stereocenters. The van der Waals surface area contributed by atoms with Gasteiger partial charge in [0.05, 0.1) is 19.7 Å². The van der Waals surface area contributed by atoms with Crippen LogP contribution in [0.5, 0.6) is 23.0 Å². The first kappa shape index (κ1) is 29.0. The topological polar surface area (TPSA) is 91.7 Å². The second kappa shape index (κ2) is 12.2. The van der Waals surface area contributed by atoms with E-state index in [0.29, 0.717) is 45.0 Å². The first-order valence-corrected chi connectivity index (χ1v) is 13.2. The Morgan fingerprint density at radius 3 is 2.33 bits per heavy atom. The number of rotatable bonds is 8. The number of allylic oxidation sites excluding steroid dienone is 1. The van der Waals surface area contributed by atoms with Gasteiger partial charge in [0.2, 0.25) is 0 Å². The summed E-state index contributed by atoms with van der Waals surface area (Å²) < 4.78 is 46.6. The Kier molecular flexibility index (Phi) is 8.20. The van der Waals surface area contributed by atoms with Crippen molar-refractivity contribution in [2.75, 3.05) is 19.5 Å². The van der Waals surface area contributed by atoms with E-state index >= 15 is 4.39 Å². The Bertz CT molecular complexity index is 1940. The molecule has 0 saturated heterocycles. The van der Waals surface area contributed by atoms with E-state index in [9.17, 15) is 14.0 Å². The lowest BCUT2D eigenvalue weighted by molar-refractivity contribution is 0.102. The van der Waals surface area contributed by atoms with Crippen molar-refractivity contribution in [3.63, 3.8) is 0 Å². The molecule has 0 radical (unpaired) electrons. The van der Waals surface area contributed by atoms with Crippen LogP contribution in [0.2, 0.25) is 0 Å². The molecular formula is C33H27F2N3O5. The van der Waals surface area contributed by atoms with Gasteiger partial charge in [-0.25, -0.2) is 8.78 Å². The number of anilines is 1. The maximum absolute atomic E-state index is 15.3. The predicted molar refractivity (Wildman–Crippen MR) is 161 cm³/mol. The quantitative estimate of drug-likeness (QED) is 0.210. The number of nitrogens with zero attached hydrogens (tertiary/aromatic N) is 2. The number of halogens is 2. The van der Waals surface area contributed by atoms with Gasteiger partial charge in [-0.15, -0.1) is 0 Å². The fraction of sp³-hybridized carbons (Fsp3) is 0.121. The van der Waals surface area contributed by atoms with Gasteiger partial charge in [0.1, 0.15) is 17.1 Å². The summed E-state index contributed by atoms with van der Waals surface area (Å²) in [5.41, 5.74) is 1.38. The summed E-state index contributed by atoms with van der Waals surface area (Å²) in [4.78, 5) is 31.2. The third-order valence-electron chi connectivity index (χ3n) is 6.80. The monoisotopic (exact) mass is 583 g/mol. The fourth-order valence-electron chi connectivity index (χ4n) is 4.64. The van der Waals surface area contributed by atoms with Crippen LogP contribution in [0.15, 0.2) is 83.9 Å². The number of carbonyl (C=O) groups is 1. The van der Waals surface area contributed by atoms with Crippen LogP contribution in [0.4, 0.5) is 14.5 Å². The average Bonchev–Trinajstić information content (AvgIpc) is 3.00. The van der Waals surface area contributed by atoms with Crippen molar-refractivity contribution in [3.05, 3.63) is 118 Å². The number of benzene rings is 3. The molecule has 0 fully saturated rings. The van der Waals surface area contributed by atoms with Crippen molar-refractivity contribution in [1.82, 2.24) is 9.55 Å². The van der Waals surface area contributed by atoms with Gasteiger partial charge in [0.25, 0.3) is 11.5 Å². The van der Waals surface area contributed by atoms with Crippen LogP contribution in [-0.4, -0.2) is 29.7 Å². The van der Waals surface area contributed by atoms with Crippen molar-refractivity contribution < 1.29 is 27.8 Å². The molecule has 2 heterocycles. The first-order valence-electron chi connectivity index (χ1n) is 13.2. The number of hydrogen-bond donors (Lipinski definition) is 1. The van der Waals surface area contributed by atoms with E-state index in [4.69, 9.17) is 14.2 Å². The third kappa shape index (κ3) is 5.80. The number of methoxy groups -OCH3 is 2. The molecule has 5 aromatic rings. The van der Waals surface area contributed by atoms with Gasteiger partial charge in [0.15, 0.2) is 23.1 Å². The van der Waals surface area contributed by atoms with E-state index in [2.05, 4.69) is 10.3 Å². The number of carbonyl (C=O) groups excluding carboxylic acids is 1. The minimum Gasteiger partial charge on any atom is -0.493 e. The van der Waals surface area contributed by atoms with Gasteiger partial charge in [-0.05, 0) is 73.5 Å². The number of pyridine rings is 2. The van der Waals surface area contributed by atoms with Crippen molar-refractivity contribution in [2.24, 2.45) is 0 Å². The summed E-state index contributed by atoms with van der Waals surface area (Å²) in [6, 6.07) is 14.3. The van der Waals surface area contributed by atoms with E-state index < -0.39 is 23.1 Å². The van der Waals surface area contributed by atoms with Gasteiger partial charge in [-0.2, -0.15) is 0 Å². The van der Waals surface area contributed by atoms with E-state index in [1.165, 1.54) is 61.4 Å². The summed E-state index contributed by atoms with van der Waals surface area (Å²) >= 11 is 0. The third-order valence-corrected chi connectivity index (χ3v) is 6.80. The summed E-state index contributed by atoms with van der Waals surface area (Å²) in [6.45, 7) is 3.46. The maximum Gasteiger partial charge on any atom is 0.268 e. The summed E-state index contributed by atoms with van der Waals surface area (Å²) in [5.74, 6) is -0.738. The second-order valence-corrected chi connectivity index (χ2v) is 9.47. The molecule has 0 aliphatic rings. The standard InChI is InChI=1S/C33H27F2N3O5/c1-5-6-20-18-38(23-10-7-21(34)8-11-23)33(40)31(19(20)2)32(39)37-22-9-12-28(25(35)15-22)43-27-13-14-36-26-17-30(42-4)29(41-3)16-24(26)27/h5-18H,1-4H3,(H,37,39)/b6-5+. The molecule has 2 aromatic heterocycles. The number of ether oxygens (including phenoxy) is 3. The summed E-state index contributed by atoms with van der Waals surface area (Å²) in [7, 11) is 3.02. The Morgan fingerprint density at radius 2 is 1.65 bits per heavy atom.